The Labute approximate surface area is 108 Å². The van der Waals surface area contributed by atoms with Crippen molar-refractivity contribution in [3.8, 4) is 0 Å². The number of carbonyl (C=O) groups is 4. The van der Waals surface area contributed by atoms with Crippen LogP contribution in [0.4, 0.5) is 0 Å². The molecule has 0 aromatic rings. The molecule has 2 amide bonds. The Hall–Kier alpha value is -1.77. The molecule has 0 aliphatic rings. The molecule has 8 nitrogen and oxygen atoms in total. The quantitative estimate of drug-likeness (QED) is 0.397. The van der Waals surface area contributed by atoms with Crippen LogP contribution >= 0.6 is 12.6 Å². The van der Waals surface area contributed by atoms with Crippen LogP contribution in [0.15, 0.2) is 0 Å². The summed E-state index contributed by atoms with van der Waals surface area (Å²) in [7, 11) is 0. The third-order valence-electron chi connectivity index (χ3n) is 1.78. The molecule has 0 aliphatic carbocycles. The maximum Gasteiger partial charge on any atom is 0.323 e. The molecule has 0 fully saturated rings. The van der Waals surface area contributed by atoms with Crippen molar-refractivity contribution < 1.29 is 29.4 Å². The molecule has 0 saturated carbocycles. The summed E-state index contributed by atoms with van der Waals surface area (Å²) in [4.78, 5) is 44.1. The summed E-state index contributed by atoms with van der Waals surface area (Å²) >= 11 is 3.82. The van der Waals surface area contributed by atoms with Crippen LogP contribution in [0.25, 0.3) is 0 Å². The topological polar surface area (TPSA) is 124 Å². The van der Waals surface area contributed by atoms with Gasteiger partial charge in [-0.05, 0) is 5.75 Å². The van der Waals surface area contributed by atoms with Crippen molar-refractivity contribution in [2.24, 2.45) is 0 Å². The lowest BCUT2D eigenvalue weighted by atomic mass is 10.4. The number of nitrogens with zero attached hydrogens (tertiary/aromatic N) is 1. The van der Waals surface area contributed by atoms with E-state index in [2.05, 4.69) is 17.9 Å². The van der Waals surface area contributed by atoms with Crippen LogP contribution in [0.5, 0.6) is 0 Å². The Bertz CT molecular complexity index is 330. The first-order valence-corrected chi connectivity index (χ1v) is 5.59. The Morgan fingerprint density at radius 2 is 1.56 bits per heavy atom. The van der Waals surface area contributed by atoms with Gasteiger partial charge < -0.3 is 20.4 Å². The Morgan fingerprint density at radius 3 is 1.94 bits per heavy atom. The van der Waals surface area contributed by atoms with E-state index in [1.165, 1.54) is 0 Å². The van der Waals surface area contributed by atoms with E-state index in [-0.39, 0.29) is 6.42 Å². The smallest absolute Gasteiger partial charge is 0.323 e. The zero-order valence-corrected chi connectivity index (χ0v) is 10.4. The van der Waals surface area contributed by atoms with E-state index in [0.29, 0.717) is 10.7 Å². The second-order valence-electron chi connectivity index (χ2n) is 3.29. The molecule has 0 spiro atoms. The van der Waals surface area contributed by atoms with Crippen molar-refractivity contribution in [3.63, 3.8) is 0 Å². The molecular formula is C9H14N2O6S. The molecule has 102 valence electrons. The number of thiol groups is 1. The first-order chi connectivity index (χ1) is 8.36. The minimum Gasteiger partial charge on any atom is -0.480 e. The third kappa shape index (κ3) is 7.49. The molecule has 0 bridgehead atoms. The molecule has 0 aliphatic heterocycles. The first-order valence-electron chi connectivity index (χ1n) is 4.95. The molecular weight excluding hydrogens is 264 g/mol. The third-order valence-corrected chi connectivity index (χ3v) is 2.00. The van der Waals surface area contributed by atoms with Gasteiger partial charge in [-0.15, -0.1) is 0 Å². The highest BCUT2D eigenvalue weighted by Crippen LogP contribution is 1.91. The van der Waals surface area contributed by atoms with Gasteiger partial charge in [0, 0.05) is 6.42 Å². The second-order valence-corrected chi connectivity index (χ2v) is 3.73. The average molecular weight is 278 g/mol. The molecule has 18 heavy (non-hydrogen) atoms. The average Bonchev–Trinajstić information content (AvgIpc) is 2.24. The number of carbonyl (C=O) groups excluding carboxylic acids is 2. The van der Waals surface area contributed by atoms with E-state index >= 15 is 0 Å². The van der Waals surface area contributed by atoms with Crippen molar-refractivity contribution in [2.75, 3.05) is 25.4 Å². The fourth-order valence-electron chi connectivity index (χ4n) is 1.03. The van der Waals surface area contributed by atoms with E-state index < -0.39 is 43.4 Å². The molecule has 0 radical (unpaired) electrons. The van der Waals surface area contributed by atoms with Gasteiger partial charge in [-0.1, -0.05) is 0 Å². The maximum absolute atomic E-state index is 11.5. The van der Waals surface area contributed by atoms with Gasteiger partial charge in [-0.2, -0.15) is 12.6 Å². The number of hydrogen-bond donors (Lipinski definition) is 4. The highest BCUT2D eigenvalue weighted by atomic mass is 32.1. The summed E-state index contributed by atoms with van der Waals surface area (Å²) in [5, 5.41) is 19.3. The first kappa shape index (κ1) is 16.2. The number of carboxylic acids is 2. The zero-order valence-electron chi connectivity index (χ0n) is 9.46. The van der Waals surface area contributed by atoms with E-state index in [1.807, 2.05) is 0 Å². The Morgan fingerprint density at radius 1 is 1.06 bits per heavy atom. The fraction of sp³-hybridized carbons (Fsp3) is 0.556. The molecule has 0 saturated heterocycles. The van der Waals surface area contributed by atoms with Crippen molar-refractivity contribution >= 4 is 36.4 Å². The van der Waals surface area contributed by atoms with Crippen LogP contribution in [0.1, 0.15) is 6.42 Å². The number of aliphatic carboxylic acids is 2. The molecule has 0 heterocycles. The van der Waals surface area contributed by atoms with Crippen molar-refractivity contribution in [2.45, 2.75) is 6.42 Å². The van der Waals surface area contributed by atoms with Crippen LogP contribution in [0.3, 0.4) is 0 Å². The largest absolute Gasteiger partial charge is 0.480 e. The van der Waals surface area contributed by atoms with Crippen LogP contribution in [0.2, 0.25) is 0 Å². The molecule has 9 heteroatoms. The number of nitrogens with one attached hydrogen (secondary N) is 1. The summed E-state index contributed by atoms with van der Waals surface area (Å²) in [6.45, 7) is -1.89. The summed E-state index contributed by atoms with van der Waals surface area (Å²) in [5.74, 6) is -3.53. The molecule has 0 aromatic carbocycles. The highest BCUT2D eigenvalue weighted by Gasteiger charge is 2.19. The zero-order chi connectivity index (χ0) is 14.1. The number of carboxylic acid groups (broad SMARTS) is 2. The van der Waals surface area contributed by atoms with Crippen LogP contribution in [-0.2, 0) is 19.2 Å². The predicted molar refractivity (Wildman–Crippen MR) is 63.3 cm³/mol. The SMILES string of the molecule is O=C(O)CN(CC(=O)O)C(=O)CNC(=O)CCS. The molecule has 0 atom stereocenters. The minimum atomic E-state index is -1.33. The lowest BCUT2D eigenvalue weighted by molar-refractivity contribution is -0.149. The molecule has 0 rings (SSSR count). The van der Waals surface area contributed by atoms with Crippen molar-refractivity contribution in [1.29, 1.82) is 0 Å². The van der Waals surface area contributed by atoms with Crippen molar-refractivity contribution in [3.05, 3.63) is 0 Å². The molecule has 0 unspecified atom stereocenters. The fourth-order valence-corrected chi connectivity index (χ4v) is 1.24. The van der Waals surface area contributed by atoms with Gasteiger partial charge in [0.2, 0.25) is 11.8 Å². The number of rotatable bonds is 8. The molecule has 0 aromatic heterocycles. The van der Waals surface area contributed by atoms with Gasteiger partial charge in [-0.3, -0.25) is 19.2 Å². The summed E-state index contributed by atoms with van der Waals surface area (Å²) in [5.41, 5.74) is 0. The number of hydrogen-bond acceptors (Lipinski definition) is 5. The molecule has 3 N–H and O–H groups in total. The normalized spacial score (nSPS) is 9.61. The van der Waals surface area contributed by atoms with Crippen LogP contribution < -0.4 is 5.32 Å². The van der Waals surface area contributed by atoms with Crippen LogP contribution in [0, 0.1) is 0 Å². The van der Waals surface area contributed by atoms with E-state index in [1.54, 1.807) is 0 Å². The standard InChI is InChI=1S/C9H14N2O6S/c12-6(1-2-18)10-3-7(13)11(4-8(14)15)5-9(16)17/h18H,1-5H2,(H,10,12)(H,14,15)(H,16,17). The van der Waals surface area contributed by atoms with Gasteiger partial charge >= 0.3 is 11.9 Å². The maximum atomic E-state index is 11.5. The lowest BCUT2D eigenvalue weighted by Gasteiger charge is -2.18. The lowest BCUT2D eigenvalue weighted by Crippen LogP contribution is -2.44. The van der Waals surface area contributed by atoms with E-state index in [0.717, 1.165) is 0 Å². The summed E-state index contributed by atoms with van der Waals surface area (Å²) < 4.78 is 0. The Kier molecular flexibility index (Phi) is 7.52. The second kappa shape index (κ2) is 8.34. The monoisotopic (exact) mass is 278 g/mol. The minimum absolute atomic E-state index is 0.119. The van der Waals surface area contributed by atoms with Gasteiger partial charge in [-0.25, -0.2) is 0 Å². The van der Waals surface area contributed by atoms with Gasteiger partial charge in [0.05, 0.1) is 6.54 Å². The van der Waals surface area contributed by atoms with Gasteiger partial charge in [0.25, 0.3) is 0 Å². The van der Waals surface area contributed by atoms with Gasteiger partial charge in [0.1, 0.15) is 13.1 Å². The van der Waals surface area contributed by atoms with E-state index in [4.69, 9.17) is 10.2 Å². The van der Waals surface area contributed by atoms with Crippen molar-refractivity contribution in [1.82, 2.24) is 10.2 Å². The Balaban J connectivity index is 4.32. The van der Waals surface area contributed by atoms with Gasteiger partial charge in [0.15, 0.2) is 0 Å². The highest BCUT2D eigenvalue weighted by molar-refractivity contribution is 7.80. The van der Waals surface area contributed by atoms with E-state index in [9.17, 15) is 19.2 Å². The van der Waals surface area contributed by atoms with Crippen LogP contribution in [-0.4, -0.2) is 64.3 Å². The summed E-state index contributed by atoms with van der Waals surface area (Å²) in [6, 6.07) is 0. The number of amides is 2. The predicted octanol–water partition coefficient (Wildman–Crippen LogP) is -1.58. The summed E-state index contributed by atoms with van der Waals surface area (Å²) in [6.07, 6.45) is 0.119.